The number of aryl methyl sites for hydroxylation is 1. The molecule has 0 radical (unpaired) electrons. The maximum atomic E-state index is 11.2. The first-order valence-corrected chi connectivity index (χ1v) is 4.19. The van der Waals surface area contributed by atoms with E-state index in [1.807, 2.05) is 19.9 Å². The Hall–Kier alpha value is -0.570. The van der Waals surface area contributed by atoms with Crippen LogP contribution in [-0.4, -0.2) is 0 Å². The molecule has 3 heteroatoms. The third-order valence-corrected chi connectivity index (χ3v) is 2.69. The molecule has 0 atom stereocenters. The van der Waals surface area contributed by atoms with E-state index in [1.165, 1.54) is 0 Å². The molecule has 0 amide bonds. The molecule has 0 unspecified atom stereocenters. The average molecular weight is 216 g/mol. The fourth-order valence-electron chi connectivity index (χ4n) is 0.940. The predicted octanol–water partition coefficient (Wildman–Crippen LogP) is 2.01. The van der Waals surface area contributed by atoms with Crippen molar-refractivity contribution in [2.45, 2.75) is 20.8 Å². The van der Waals surface area contributed by atoms with Crippen molar-refractivity contribution < 1.29 is 4.73 Å². The third-order valence-electron chi connectivity index (χ3n) is 1.86. The van der Waals surface area contributed by atoms with Crippen molar-refractivity contribution in [2.75, 3.05) is 0 Å². The molecule has 0 aliphatic rings. The van der Waals surface area contributed by atoms with Gasteiger partial charge in [-0.25, -0.2) is 0 Å². The van der Waals surface area contributed by atoms with Crippen molar-refractivity contribution >= 4 is 15.9 Å². The van der Waals surface area contributed by atoms with Gasteiger partial charge in [-0.3, -0.25) is 0 Å². The molecular formula is C8H10BrNO. The van der Waals surface area contributed by atoms with Gasteiger partial charge in [0.1, 0.15) is 0 Å². The molecule has 0 aliphatic heterocycles. The van der Waals surface area contributed by atoms with Crippen LogP contribution in [0.4, 0.5) is 0 Å². The molecule has 0 N–H and O–H groups in total. The van der Waals surface area contributed by atoms with Gasteiger partial charge in [0, 0.05) is 30.0 Å². The van der Waals surface area contributed by atoms with E-state index in [0.29, 0.717) is 0 Å². The Labute approximate surface area is 74.6 Å². The van der Waals surface area contributed by atoms with Crippen LogP contribution in [0.3, 0.4) is 0 Å². The number of halogens is 1. The van der Waals surface area contributed by atoms with Crippen LogP contribution in [-0.2, 0) is 0 Å². The highest BCUT2D eigenvalue weighted by Crippen LogP contribution is 2.17. The van der Waals surface area contributed by atoms with Crippen LogP contribution in [0.2, 0.25) is 0 Å². The molecule has 1 aromatic heterocycles. The lowest BCUT2D eigenvalue weighted by Gasteiger charge is -2.07. The summed E-state index contributed by atoms with van der Waals surface area (Å²) in [5.41, 5.74) is 2.49. The maximum absolute atomic E-state index is 11.2. The van der Waals surface area contributed by atoms with Gasteiger partial charge in [-0.1, -0.05) is 15.9 Å². The van der Waals surface area contributed by atoms with Gasteiger partial charge in [0.25, 0.3) is 0 Å². The van der Waals surface area contributed by atoms with E-state index in [2.05, 4.69) is 15.9 Å². The van der Waals surface area contributed by atoms with Crippen LogP contribution in [0.5, 0.6) is 0 Å². The fourth-order valence-corrected chi connectivity index (χ4v) is 1.56. The van der Waals surface area contributed by atoms with Gasteiger partial charge in [0.2, 0.25) is 0 Å². The number of pyridine rings is 1. The van der Waals surface area contributed by atoms with Gasteiger partial charge >= 0.3 is 0 Å². The third kappa shape index (κ3) is 1.38. The minimum atomic E-state index is 0.722. The van der Waals surface area contributed by atoms with E-state index in [0.717, 1.165) is 26.2 Å². The van der Waals surface area contributed by atoms with E-state index >= 15 is 0 Å². The van der Waals surface area contributed by atoms with Crippen LogP contribution in [0, 0.1) is 26.0 Å². The van der Waals surface area contributed by atoms with E-state index in [-0.39, 0.29) is 0 Å². The van der Waals surface area contributed by atoms with Crippen LogP contribution >= 0.6 is 15.9 Å². The standard InChI is InChI=1S/C8H10BrNO/c1-5-4-8(9)6(2)7(3)10(5)11/h4H,1-3H3. The van der Waals surface area contributed by atoms with Crippen LogP contribution in [0.1, 0.15) is 17.0 Å². The number of hydrogen-bond donors (Lipinski definition) is 0. The zero-order valence-corrected chi connectivity index (χ0v) is 8.40. The van der Waals surface area contributed by atoms with Crippen molar-refractivity contribution in [3.05, 3.63) is 32.7 Å². The SMILES string of the molecule is Cc1c(Br)cc(C)[n+]([O-])c1C. The quantitative estimate of drug-likeness (QED) is 0.481. The molecule has 0 aliphatic carbocycles. The minimum absolute atomic E-state index is 0.722. The topological polar surface area (TPSA) is 26.9 Å². The summed E-state index contributed by atoms with van der Waals surface area (Å²) in [5, 5.41) is 11.2. The summed E-state index contributed by atoms with van der Waals surface area (Å²) >= 11 is 3.38. The first-order chi connectivity index (χ1) is 5.04. The molecule has 1 heterocycles. The molecule has 0 fully saturated rings. The Morgan fingerprint density at radius 2 is 1.91 bits per heavy atom. The molecular weight excluding hydrogens is 206 g/mol. The highest BCUT2D eigenvalue weighted by Gasteiger charge is 2.09. The van der Waals surface area contributed by atoms with Crippen LogP contribution < -0.4 is 4.73 Å². The molecule has 1 rings (SSSR count). The fraction of sp³-hybridized carbons (Fsp3) is 0.375. The van der Waals surface area contributed by atoms with Crippen LogP contribution in [0.15, 0.2) is 10.5 Å². The summed E-state index contributed by atoms with van der Waals surface area (Å²) in [5.74, 6) is 0. The molecule has 1 aromatic rings. The van der Waals surface area contributed by atoms with Gasteiger partial charge < -0.3 is 5.21 Å². The van der Waals surface area contributed by atoms with E-state index in [9.17, 15) is 5.21 Å². The lowest BCUT2D eigenvalue weighted by atomic mass is 10.2. The Morgan fingerprint density at radius 1 is 1.36 bits per heavy atom. The molecule has 0 saturated carbocycles. The summed E-state index contributed by atoms with van der Waals surface area (Å²) in [6, 6.07) is 1.83. The van der Waals surface area contributed by atoms with Gasteiger partial charge in [-0.15, -0.1) is 0 Å². The largest absolute Gasteiger partial charge is 0.618 e. The lowest BCUT2D eigenvalue weighted by Crippen LogP contribution is -2.34. The number of nitrogens with zero attached hydrogens (tertiary/aromatic N) is 1. The maximum Gasteiger partial charge on any atom is 0.193 e. The summed E-state index contributed by atoms with van der Waals surface area (Å²) in [6.45, 7) is 5.54. The Morgan fingerprint density at radius 3 is 2.45 bits per heavy atom. The van der Waals surface area contributed by atoms with E-state index in [4.69, 9.17) is 0 Å². The monoisotopic (exact) mass is 215 g/mol. The molecule has 0 spiro atoms. The first kappa shape index (κ1) is 8.53. The Balaban J connectivity index is 3.46. The van der Waals surface area contributed by atoms with Crippen molar-refractivity contribution in [3.8, 4) is 0 Å². The predicted molar refractivity (Wildman–Crippen MR) is 47.3 cm³/mol. The summed E-state index contributed by atoms with van der Waals surface area (Å²) < 4.78 is 1.94. The zero-order valence-electron chi connectivity index (χ0n) is 6.81. The first-order valence-electron chi connectivity index (χ1n) is 3.40. The Kier molecular flexibility index (Phi) is 2.18. The second kappa shape index (κ2) is 2.81. The van der Waals surface area contributed by atoms with Crippen molar-refractivity contribution in [2.24, 2.45) is 0 Å². The smallest absolute Gasteiger partial charge is 0.193 e. The van der Waals surface area contributed by atoms with E-state index in [1.54, 1.807) is 6.92 Å². The Bertz CT molecular complexity index is 270. The normalized spacial score (nSPS) is 10.2. The lowest BCUT2D eigenvalue weighted by molar-refractivity contribution is -0.619. The molecule has 0 bridgehead atoms. The van der Waals surface area contributed by atoms with Crippen molar-refractivity contribution in [1.29, 1.82) is 0 Å². The number of rotatable bonds is 0. The highest BCUT2D eigenvalue weighted by molar-refractivity contribution is 9.10. The second-order valence-corrected chi connectivity index (χ2v) is 3.49. The van der Waals surface area contributed by atoms with Crippen LogP contribution in [0.25, 0.3) is 0 Å². The molecule has 0 aromatic carbocycles. The van der Waals surface area contributed by atoms with E-state index < -0.39 is 0 Å². The number of hydrogen-bond acceptors (Lipinski definition) is 1. The molecule has 60 valence electrons. The zero-order chi connectivity index (χ0) is 8.59. The van der Waals surface area contributed by atoms with Crippen molar-refractivity contribution in [1.82, 2.24) is 0 Å². The number of aromatic nitrogens is 1. The summed E-state index contributed by atoms with van der Waals surface area (Å²) in [7, 11) is 0. The summed E-state index contributed by atoms with van der Waals surface area (Å²) in [6.07, 6.45) is 0. The molecule has 2 nitrogen and oxygen atoms in total. The van der Waals surface area contributed by atoms with Gasteiger partial charge in [0.15, 0.2) is 11.4 Å². The second-order valence-electron chi connectivity index (χ2n) is 2.64. The summed E-state index contributed by atoms with van der Waals surface area (Å²) in [4.78, 5) is 0. The molecule has 0 saturated heterocycles. The molecule has 11 heavy (non-hydrogen) atoms. The van der Waals surface area contributed by atoms with Gasteiger partial charge in [-0.2, -0.15) is 4.73 Å². The highest BCUT2D eigenvalue weighted by atomic mass is 79.9. The average Bonchev–Trinajstić information content (AvgIpc) is 1.97. The minimum Gasteiger partial charge on any atom is -0.618 e. The van der Waals surface area contributed by atoms with Gasteiger partial charge in [-0.05, 0) is 6.92 Å². The van der Waals surface area contributed by atoms with Crippen molar-refractivity contribution in [3.63, 3.8) is 0 Å². The van der Waals surface area contributed by atoms with Gasteiger partial charge in [0.05, 0.1) is 0 Å².